The van der Waals surface area contributed by atoms with E-state index in [1.54, 1.807) is 0 Å². The summed E-state index contributed by atoms with van der Waals surface area (Å²) in [6.45, 7) is 1.93. The Morgan fingerprint density at radius 2 is 1.78 bits per heavy atom. The van der Waals surface area contributed by atoms with E-state index in [-0.39, 0.29) is 11.5 Å². The molecule has 1 amide bonds. The van der Waals surface area contributed by atoms with Gasteiger partial charge in [-0.3, -0.25) is 9.69 Å². The minimum absolute atomic E-state index is 0.248. The highest BCUT2D eigenvalue weighted by molar-refractivity contribution is 7.91. The van der Waals surface area contributed by atoms with Gasteiger partial charge in [-0.1, -0.05) is 12.1 Å². The number of hydrogen-bond acceptors (Lipinski definition) is 4. The molecule has 0 radical (unpaired) electrons. The van der Waals surface area contributed by atoms with Crippen LogP contribution >= 0.6 is 0 Å². The molecule has 1 aromatic rings. The summed E-state index contributed by atoms with van der Waals surface area (Å²) in [6, 6.07) is 7.55. The third-order valence-corrected chi connectivity index (χ3v) is 4.63. The van der Waals surface area contributed by atoms with Gasteiger partial charge in [0.05, 0.1) is 11.5 Å². The van der Waals surface area contributed by atoms with Crippen LogP contribution in [0.15, 0.2) is 24.3 Å². The second kappa shape index (κ2) is 5.49. The zero-order valence-electron chi connectivity index (χ0n) is 10.0. The Bertz CT molecular complexity index is 497. The molecule has 98 valence electrons. The minimum Gasteiger partial charge on any atom is -0.329 e. The van der Waals surface area contributed by atoms with Gasteiger partial charge < -0.3 is 5.32 Å². The molecule has 0 spiro atoms. The molecule has 1 saturated heterocycles. The molecule has 1 aliphatic rings. The summed E-state index contributed by atoms with van der Waals surface area (Å²) in [5.74, 6) is 0.496. The minimum atomic E-state index is -2.81. The predicted octanol–water partition coefficient (Wildman–Crippen LogP) is 0.485. The van der Waals surface area contributed by atoms with E-state index in [1.807, 2.05) is 24.3 Å². The van der Waals surface area contributed by atoms with Crippen molar-refractivity contribution in [3.05, 3.63) is 29.8 Å². The van der Waals surface area contributed by atoms with E-state index >= 15 is 0 Å². The van der Waals surface area contributed by atoms with Crippen molar-refractivity contribution in [1.82, 2.24) is 4.90 Å². The van der Waals surface area contributed by atoms with Gasteiger partial charge in [0.25, 0.3) is 0 Å². The molecule has 0 atom stereocenters. The van der Waals surface area contributed by atoms with Gasteiger partial charge in [0, 0.05) is 25.3 Å². The number of benzene rings is 1. The zero-order valence-corrected chi connectivity index (χ0v) is 10.8. The first-order chi connectivity index (χ1) is 8.59. The second-order valence-corrected chi connectivity index (χ2v) is 6.69. The first kappa shape index (κ1) is 13.0. The molecule has 1 heterocycles. The fourth-order valence-electron chi connectivity index (χ4n) is 1.94. The van der Waals surface area contributed by atoms with Crippen LogP contribution in [0.5, 0.6) is 0 Å². The number of hydrogen-bond donors (Lipinski definition) is 1. The monoisotopic (exact) mass is 268 g/mol. The fraction of sp³-hybridized carbons (Fsp3) is 0.417. The van der Waals surface area contributed by atoms with Crippen molar-refractivity contribution in [3.8, 4) is 0 Å². The van der Waals surface area contributed by atoms with Crippen LogP contribution in [0.2, 0.25) is 0 Å². The van der Waals surface area contributed by atoms with E-state index < -0.39 is 9.84 Å². The van der Waals surface area contributed by atoms with Crippen LogP contribution in [0.4, 0.5) is 5.69 Å². The number of carbonyl (C=O) groups is 1. The summed E-state index contributed by atoms with van der Waals surface area (Å²) in [6.07, 6.45) is 0.643. The first-order valence-electron chi connectivity index (χ1n) is 5.81. The number of anilines is 1. The maximum atomic E-state index is 11.3. The Balaban J connectivity index is 1.92. The van der Waals surface area contributed by atoms with Crippen molar-refractivity contribution < 1.29 is 13.2 Å². The normalized spacial score (nSPS) is 19.3. The Hall–Kier alpha value is -1.40. The molecule has 1 N–H and O–H groups in total. The molecule has 18 heavy (non-hydrogen) atoms. The lowest BCUT2D eigenvalue weighted by molar-refractivity contribution is -0.105. The summed E-state index contributed by atoms with van der Waals surface area (Å²) in [4.78, 5) is 12.4. The topological polar surface area (TPSA) is 66.5 Å². The third kappa shape index (κ3) is 3.54. The van der Waals surface area contributed by atoms with Crippen LogP contribution < -0.4 is 5.32 Å². The molecule has 5 nitrogen and oxygen atoms in total. The standard InChI is InChI=1S/C12H16N2O3S/c15-10-13-12-3-1-11(2-4-12)9-14-5-7-18(16,17)8-6-14/h1-4,10H,5-9H2,(H,13,15). The highest BCUT2D eigenvalue weighted by Gasteiger charge is 2.21. The highest BCUT2D eigenvalue weighted by atomic mass is 32.2. The molecule has 1 aliphatic heterocycles. The maximum absolute atomic E-state index is 11.3. The smallest absolute Gasteiger partial charge is 0.211 e. The molecule has 0 aliphatic carbocycles. The quantitative estimate of drug-likeness (QED) is 0.807. The van der Waals surface area contributed by atoms with Crippen molar-refractivity contribution >= 4 is 21.9 Å². The van der Waals surface area contributed by atoms with E-state index in [1.165, 1.54) is 0 Å². The number of rotatable bonds is 4. The molecule has 0 aromatic heterocycles. The van der Waals surface area contributed by atoms with Crippen molar-refractivity contribution in [1.29, 1.82) is 0 Å². The van der Waals surface area contributed by atoms with Crippen molar-refractivity contribution in [2.75, 3.05) is 29.9 Å². The summed E-state index contributed by atoms with van der Waals surface area (Å²) in [7, 11) is -2.81. The lowest BCUT2D eigenvalue weighted by Crippen LogP contribution is -2.39. The van der Waals surface area contributed by atoms with Gasteiger partial charge >= 0.3 is 0 Å². The number of sulfone groups is 1. The van der Waals surface area contributed by atoms with Gasteiger partial charge in [-0.2, -0.15) is 0 Å². The van der Waals surface area contributed by atoms with Crippen molar-refractivity contribution in [3.63, 3.8) is 0 Å². The molecular formula is C12H16N2O3S. The van der Waals surface area contributed by atoms with Gasteiger partial charge in [-0.05, 0) is 17.7 Å². The van der Waals surface area contributed by atoms with E-state index in [9.17, 15) is 13.2 Å². The van der Waals surface area contributed by atoms with Gasteiger partial charge in [0.2, 0.25) is 6.41 Å². The number of nitrogens with one attached hydrogen (secondary N) is 1. The van der Waals surface area contributed by atoms with Crippen molar-refractivity contribution in [2.24, 2.45) is 0 Å². The molecule has 0 unspecified atom stereocenters. The third-order valence-electron chi connectivity index (χ3n) is 3.02. The lowest BCUT2D eigenvalue weighted by Gasteiger charge is -2.26. The molecule has 0 saturated carbocycles. The summed E-state index contributed by atoms with van der Waals surface area (Å²) < 4.78 is 22.6. The summed E-state index contributed by atoms with van der Waals surface area (Å²) in [5.41, 5.74) is 1.88. The van der Waals surface area contributed by atoms with E-state index in [0.717, 1.165) is 17.8 Å². The predicted molar refractivity (Wildman–Crippen MR) is 70.1 cm³/mol. The number of amides is 1. The lowest BCUT2D eigenvalue weighted by atomic mass is 10.2. The van der Waals surface area contributed by atoms with Crippen LogP contribution in [0, 0.1) is 0 Å². The van der Waals surface area contributed by atoms with Crippen LogP contribution in [-0.2, 0) is 21.2 Å². The Labute approximate surface area is 107 Å². The Morgan fingerprint density at radius 1 is 1.17 bits per heavy atom. The van der Waals surface area contributed by atoms with E-state index in [2.05, 4.69) is 10.2 Å². The van der Waals surface area contributed by atoms with Gasteiger partial charge in [0.1, 0.15) is 0 Å². The van der Waals surface area contributed by atoms with Gasteiger partial charge in [-0.25, -0.2) is 8.42 Å². The van der Waals surface area contributed by atoms with Crippen LogP contribution in [0.3, 0.4) is 0 Å². The van der Waals surface area contributed by atoms with Crippen molar-refractivity contribution in [2.45, 2.75) is 6.54 Å². The van der Waals surface area contributed by atoms with Crippen LogP contribution in [-0.4, -0.2) is 44.3 Å². The maximum Gasteiger partial charge on any atom is 0.211 e. The average molecular weight is 268 g/mol. The Morgan fingerprint density at radius 3 is 2.33 bits per heavy atom. The van der Waals surface area contributed by atoms with E-state index in [4.69, 9.17) is 0 Å². The first-order valence-corrected chi connectivity index (χ1v) is 7.63. The summed E-state index contributed by atoms with van der Waals surface area (Å²) >= 11 is 0. The van der Waals surface area contributed by atoms with Crippen LogP contribution in [0.1, 0.15) is 5.56 Å². The molecule has 6 heteroatoms. The fourth-order valence-corrected chi connectivity index (χ4v) is 3.22. The average Bonchev–Trinajstić information content (AvgIpc) is 2.35. The second-order valence-electron chi connectivity index (χ2n) is 4.39. The SMILES string of the molecule is O=CNc1ccc(CN2CCS(=O)(=O)CC2)cc1. The molecule has 0 bridgehead atoms. The van der Waals surface area contributed by atoms with Gasteiger partial charge in [-0.15, -0.1) is 0 Å². The number of carbonyl (C=O) groups excluding carboxylic acids is 1. The van der Waals surface area contributed by atoms with Gasteiger partial charge in [0.15, 0.2) is 9.84 Å². The zero-order chi connectivity index (χ0) is 13.0. The molecule has 1 aromatic carbocycles. The number of nitrogens with zero attached hydrogens (tertiary/aromatic N) is 1. The van der Waals surface area contributed by atoms with E-state index in [0.29, 0.717) is 19.5 Å². The molecular weight excluding hydrogens is 252 g/mol. The Kier molecular flexibility index (Phi) is 3.98. The largest absolute Gasteiger partial charge is 0.329 e. The molecule has 1 fully saturated rings. The van der Waals surface area contributed by atoms with Crippen LogP contribution in [0.25, 0.3) is 0 Å². The molecule has 2 rings (SSSR count). The highest BCUT2D eigenvalue weighted by Crippen LogP contribution is 2.12. The summed E-state index contributed by atoms with van der Waals surface area (Å²) in [5, 5.41) is 2.58.